The minimum Gasteiger partial charge on any atom is -0.325 e. The summed E-state index contributed by atoms with van der Waals surface area (Å²) in [6, 6.07) is 7.75. The van der Waals surface area contributed by atoms with Crippen molar-refractivity contribution in [2.45, 2.75) is 27.3 Å². The highest BCUT2D eigenvalue weighted by atomic mass is 16.1. The number of anilines is 1. The number of hydrogen-bond acceptors (Lipinski definition) is 2. The molecule has 1 aromatic carbocycles. The van der Waals surface area contributed by atoms with E-state index in [9.17, 15) is 4.79 Å². The van der Waals surface area contributed by atoms with Gasteiger partial charge in [0.05, 0.1) is 12.0 Å². The van der Waals surface area contributed by atoms with Crippen molar-refractivity contribution in [3.05, 3.63) is 47.5 Å². The highest BCUT2D eigenvalue weighted by Gasteiger charge is 2.07. The van der Waals surface area contributed by atoms with Gasteiger partial charge in [-0.2, -0.15) is 0 Å². The Kier molecular flexibility index (Phi) is 3.46. The zero-order chi connectivity index (χ0) is 13.1. The van der Waals surface area contributed by atoms with Gasteiger partial charge in [0.1, 0.15) is 6.54 Å². The van der Waals surface area contributed by atoms with Gasteiger partial charge in [0, 0.05) is 11.4 Å². The number of aromatic nitrogens is 2. The van der Waals surface area contributed by atoms with Gasteiger partial charge in [-0.05, 0) is 32.9 Å². The highest BCUT2D eigenvalue weighted by molar-refractivity contribution is 5.90. The Balaban J connectivity index is 2.01. The summed E-state index contributed by atoms with van der Waals surface area (Å²) >= 11 is 0. The Bertz CT molecular complexity index is 555. The predicted octanol–water partition coefficient (Wildman–Crippen LogP) is 2.45. The molecule has 0 saturated heterocycles. The third-order valence-corrected chi connectivity index (χ3v) is 2.99. The predicted molar refractivity (Wildman–Crippen MR) is 71.5 cm³/mol. The van der Waals surface area contributed by atoms with E-state index in [0.717, 1.165) is 17.1 Å². The first-order chi connectivity index (χ1) is 8.56. The van der Waals surface area contributed by atoms with Crippen molar-refractivity contribution in [2.75, 3.05) is 5.32 Å². The van der Waals surface area contributed by atoms with Crippen molar-refractivity contribution in [3.8, 4) is 0 Å². The van der Waals surface area contributed by atoms with Crippen LogP contribution in [-0.4, -0.2) is 15.5 Å². The second kappa shape index (κ2) is 5.04. The number of carbonyl (C=O) groups excluding carboxylic acids is 1. The second-order valence-corrected chi connectivity index (χ2v) is 4.46. The highest BCUT2D eigenvalue weighted by Crippen LogP contribution is 2.09. The SMILES string of the molecule is Cc1ccc(NC(=O)Cn2cnc(C)c2C)cc1. The molecule has 18 heavy (non-hydrogen) atoms. The molecule has 0 atom stereocenters. The average Bonchev–Trinajstić information content (AvgIpc) is 2.64. The lowest BCUT2D eigenvalue weighted by atomic mass is 10.2. The third-order valence-electron chi connectivity index (χ3n) is 2.99. The number of benzene rings is 1. The first kappa shape index (κ1) is 12.4. The molecule has 0 spiro atoms. The van der Waals surface area contributed by atoms with E-state index in [0.29, 0.717) is 6.54 Å². The number of hydrogen-bond donors (Lipinski definition) is 1. The largest absolute Gasteiger partial charge is 0.325 e. The summed E-state index contributed by atoms with van der Waals surface area (Å²) in [6.45, 7) is 6.20. The molecule has 0 radical (unpaired) electrons. The smallest absolute Gasteiger partial charge is 0.244 e. The fourth-order valence-electron chi connectivity index (χ4n) is 1.70. The van der Waals surface area contributed by atoms with Crippen LogP contribution in [0, 0.1) is 20.8 Å². The molecule has 1 amide bonds. The van der Waals surface area contributed by atoms with Gasteiger partial charge in [-0.15, -0.1) is 0 Å². The summed E-state index contributed by atoms with van der Waals surface area (Å²) in [5.74, 6) is -0.0423. The average molecular weight is 243 g/mol. The number of nitrogens with one attached hydrogen (secondary N) is 1. The van der Waals surface area contributed by atoms with Crippen LogP contribution in [0.25, 0.3) is 0 Å². The summed E-state index contributed by atoms with van der Waals surface area (Å²) in [7, 11) is 0. The van der Waals surface area contributed by atoms with Crippen molar-refractivity contribution < 1.29 is 4.79 Å². The molecule has 4 heteroatoms. The van der Waals surface area contributed by atoms with Crippen LogP contribution in [0.2, 0.25) is 0 Å². The number of imidazole rings is 1. The minimum absolute atomic E-state index is 0.0423. The summed E-state index contributed by atoms with van der Waals surface area (Å²) in [4.78, 5) is 16.0. The van der Waals surface area contributed by atoms with Crippen molar-refractivity contribution >= 4 is 11.6 Å². The minimum atomic E-state index is -0.0423. The zero-order valence-corrected chi connectivity index (χ0v) is 10.9. The van der Waals surface area contributed by atoms with Gasteiger partial charge in [0.2, 0.25) is 5.91 Å². The number of aryl methyl sites for hydroxylation is 2. The van der Waals surface area contributed by atoms with Gasteiger partial charge < -0.3 is 9.88 Å². The molecule has 4 nitrogen and oxygen atoms in total. The van der Waals surface area contributed by atoms with E-state index >= 15 is 0 Å². The third kappa shape index (κ3) is 2.77. The van der Waals surface area contributed by atoms with Crippen LogP contribution < -0.4 is 5.32 Å². The number of nitrogens with zero attached hydrogens (tertiary/aromatic N) is 2. The lowest BCUT2D eigenvalue weighted by Gasteiger charge is -2.07. The van der Waals surface area contributed by atoms with Gasteiger partial charge in [-0.25, -0.2) is 4.98 Å². The molecule has 0 aliphatic rings. The van der Waals surface area contributed by atoms with Crippen LogP contribution in [0.4, 0.5) is 5.69 Å². The normalized spacial score (nSPS) is 10.4. The molecule has 0 fully saturated rings. The molecule has 0 bridgehead atoms. The molecule has 2 rings (SSSR count). The Labute approximate surface area is 107 Å². The molecular formula is C14H17N3O. The molecular weight excluding hydrogens is 226 g/mol. The van der Waals surface area contributed by atoms with E-state index in [1.165, 1.54) is 5.56 Å². The molecule has 1 aromatic heterocycles. The van der Waals surface area contributed by atoms with Gasteiger partial charge in [0.25, 0.3) is 0 Å². The van der Waals surface area contributed by atoms with E-state index in [1.807, 2.05) is 49.6 Å². The van der Waals surface area contributed by atoms with Crippen LogP contribution >= 0.6 is 0 Å². The van der Waals surface area contributed by atoms with Gasteiger partial charge in [-0.3, -0.25) is 4.79 Å². The molecule has 1 heterocycles. The second-order valence-electron chi connectivity index (χ2n) is 4.46. The van der Waals surface area contributed by atoms with Gasteiger partial charge in [0.15, 0.2) is 0 Å². The monoisotopic (exact) mass is 243 g/mol. The Morgan fingerprint density at radius 2 is 1.89 bits per heavy atom. The lowest BCUT2D eigenvalue weighted by Crippen LogP contribution is -2.19. The molecule has 94 valence electrons. The summed E-state index contributed by atoms with van der Waals surface area (Å²) in [6.07, 6.45) is 1.69. The van der Waals surface area contributed by atoms with E-state index < -0.39 is 0 Å². The maximum Gasteiger partial charge on any atom is 0.244 e. The van der Waals surface area contributed by atoms with E-state index in [4.69, 9.17) is 0 Å². The van der Waals surface area contributed by atoms with Crippen LogP contribution in [0.5, 0.6) is 0 Å². The van der Waals surface area contributed by atoms with E-state index in [2.05, 4.69) is 10.3 Å². The molecule has 0 aliphatic heterocycles. The van der Waals surface area contributed by atoms with Crippen molar-refractivity contribution in [1.29, 1.82) is 0 Å². The summed E-state index contributed by atoms with van der Waals surface area (Å²) < 4.78 is 1.85. The zero-order valence-electron chi connectivity index (χ0n) is 10.9. The fraction of sp³-hybridized carbons (Fsp3) is 0.286. The Morgan fingerprint density at radius 1 is 1.22 bits per heavy atom. The Morgan fingerprint density at radius 3 is 2.44 bits per heavy atom. The van der Waals surface area contributed by atoms with Crippen molar-refractivity contribution in [3.63, 3.8) is 0 Å². The molecule has 2 aromatic rings. The first-order valence-corrected chi connectivity index (χ1v) is 5.91. The topological polar surface area (TPSA) is 46.9 Å². The van der Waals surface area contributed by atoms with Crippen LogP contribution in [0.15, 0.2) is 30.6 Å². The maximum atomic E-state index is 11.9. The number of amides is 1. The Hall–Kier alpha value is -2.10. The van der Waals surface area contributed by atoms with Crippen LogP contribution in [-0.2, 0) is 11.3 Å². The molecule has 0 saturated carbocycles. The van der Waals surface area contributed by atoms with E-state index in [1.54, 1.807) is 6.33 Å². The van der Waals surface area contributed by atoms with Crippen LogP contribution in [0.1, 0.15) is 17.0 Å². The van der Waals surface area contributed by atoms with Gasteiger partial charge in [-0.1, -0.05) is 17.7 Å². The van der Waals surface area contributed by atoms with Crippen LogP contribution in [0.3, 0.4) is 0 Å². The summed E-state index contributed by atoms with van der Waals surface area (Å²) in [5, 5.41) is 2.87. The molecule has 0 unspecified atom stereocenters. The fourth-order valence-corrected chi connectivity index (χ4v) is 1.70. The number of rotatable bonds is 3. The number of carbonyl (C=O) groups is 1. The first-order valence-electron chi connectivity index (χ1n) is 5.91. The van der Waals surface area contributed by atoms with Crippen molar-refractivity contribution in [2.24, 2.45) is 0 Å². The standard InChI is InChI=1S/C14H17N3O/c1-10-4-6-13(7-5-10)16-14(18)8-17-9-15-11(2)12(17)3/h4-7,9H,8H2,1-3H3,(H,16,18). The van der Waals surface area contributed by atoms with E-state index in [-0.39, 0.29) is 5.91 Å². The maximum absolute atomic E-state index is 11.9. The molecule has 1 N–H and O–H groups in total. The van der Waals surface area contributed by atoms with Gasteiger partial charge >= 0.3 is 0 Å². The quantitative estimate of drug-likeness (QED) is 0.900. The molecule has 0 aliphatic carbocycles. The van der Waals surface area contributed by atoms with Crippen molar-refractivity contribution in [1.82, 2.24) is 9.55 Å². The lowest BCUT2D eigenvalue weighted by molar-refractivity contribution is -0.116. The summed E-state index contributed by atoms with van der Waals surface area (Å²) in [5.41, 5.74) is 3.97.